The van der Waals surface area contributed by atoms with Crippen molar-refractivity contribution in [3.05, 3.63) is 18.2 Å². The summed E-state index contributed by atoms with van der Waals surface area (Å²) in [5.74, 6) is 0.741. The maximum Gasteiger partial charge on any atom is 0.143 e. The third-order valence-corrected chi connectivity index (χ3v) is 2.22. The molecule has 1 fully saturated rings. The number of anilines is 2. The summed E-state index contributed by atoms with van der Waals surface area (Å²) in [7, 11) is 1.63. The van der Waals surface area contributed by atoms with Crippen LogP contribution in [0.5, 0.6) is 5.75 Å². The molecule has 1 aliphatic rings. The van der Waals surface area contributed by atoms with Crippen LogP contribution in [0.15, 0.2) is 18.2 Å². The Morgan fingerprint density at radius 1 is 1.46 bits per heavy atom. The Kier molecular flexibility index (Phi) is 2.00. The number of benzene rings is 1. The summed E-state index contributed by atoms with van der Waals surface area (Å²) in [6.45, 7) is 0. The van der Waals surface area contributed by atoms with E-state index >= 15 is 0 Å². The molecule has 1 aromatic rings. The topological polar surface area (TPSA) is 47.3 Å². The second-order valence-corrected chi connectivity index (χ2v) is 3.34. The molecular weight excluding hydrogens is 164 g/mol. The third-order valence-electron chi connectivity index (χ3n) is 2.22. The zero-order valence-electron chi connectivity index (χ0n) is 7.71. The minimum Gasteiger partial charge on any atom is -0.495 e. The average molecular weight is 178 g/mol. The largest absolute Gasteiger partial charge is 0.495 e. The SMILES string of the molecule is COc1cccc(NC2CC2)c1N. The van der Waals surface area contributed by atoms with Crippen molar-refractivity contribution in [1.29, 1.82) is 0 Å². The average Bonchev–Trinajstić information content (AvgIpc) is 2.92. The molecule has 3 heteroatoms. The van der Waals surface area contributed by atoms with Gasteiger partial charge in [-0.05, 0) is 25.0 Å². The Morgan fingerprint density at radius 2 is 2.23 bits per heavy atom. The van der Waals surface area contributed by atoms with Gasteiger partial charge in [0.05, 0.1) is 18.5 Å². The van der Waals surface area contributed by atoms with Crippen LogP contribution in [-0.2, 0) is 0 Å². The molecule has 1 saturated carbocycles. The van der Waals surface area contributed by atoms with Crippen LogP contribution in [0, 0.1) is 0 Å². The van der Waals surface area contributed by atoms with Crippen LogP contribution in [-0.4, -0.2) is 13.2 Å². The smallest absolute Gasteiger partial charge is 0.143 e. The predicted molar refractivity (Wildman–Crippen MR) is 54.1 cm³/mol. The van der Waals surface area contributed by atoms with Gasteiger partial charge in [0, 0.05) is 6.04 Å². The van der Waals surface area contributed by atoms with E-state index in [2.05, 4.69) is 5.32 Å². The molecule has 3 nitrogen and oxygen atoms in total. The highest BCUT2D eigenvalue weighted by molar-refractivity contribution is 5.73. The van der Waals surface area contributed by atoms with E-state index in [1.165, 1.54) is 12.8 Å². The van der Waals surface area contributed by atoms with Gasteiger partial charge in [-0.1, -0.05) is 6.07 Å². The number of para-hydroxylation sites is 1. The van der Waals surface area contributed by atoms with Crippen molar-refractivity contribution < 1.29 is 4.74 Å². The number of hydrogen-bond donors (Lipinski definition) is 2. The van der Waals surface area contributed by atoms with Crippen molar-refractivity contribution in [1.82, 2.24) is 0 Å². The molecule has 0 saturated heterocycles. The standard InChI is InChI=1S/C10H14N2O/c1-13-9-4-2-3-8(10(9)11)12-7-5-6-7/h2-4,7,12H,5-6,11H2,1H3. The summed E-state index contributed by atoms with van der Waals surface area (Å²) in [6.07, 6.45) is 2.49. The van der Waals surface area contributed by atoms with Crippen LogP contribution in [0.25, 0.3) is 0 Å². The van der Waals surface area contributed by atoms with E-state index in [0.717, 1.165) is 11.4 Å². The molecule has 0 bridgehead atoms. The number of rotatable bonds is 3. The zero-order valence-corrected chi connectivity index (χ0v) is 7.71. The van der Waals surface area contributed by atoms with E-state index < -0.39 is 0 Å². The van der Waals surface area contributed by atoms with Crippen LogP contribution in [0.3, 0.4) is 0 Å². The predicted octanol–water partition coefficient (Wildman–Crippen LogP) is 1.85. The second kappa shape index (κ2) is 3.17. The van der Waals surface area contributed by atoms with Crippen LogP contribution in [0.2, 0.25) is 0 Å². The van der Waals surface area contributed by atoms with Gasteiger partial charge in [0.2, 0.25) is 0 Å². The maximum absolute atomic E-state index is 5.88. The fourth-order valence-electron chi connectivity index (χ4n) is 1.30. The van der Waals surface area contributed by atoms with Crippen molar-refractivity contribution in [3.63, 3.8) is 0 Å². The minimum absolute atomic E-state index is 0.620. The molecule has 13 heavy (non-hydrogen) atoms. The van der Waals surface area contributed by atoms with Gasteiger partial charge in [0.1, 0.15) is 5.75 Å². The zero-order chi connectivity index (χ0) is 9.26. The molecule has 0 radical (unpaired) electrons. The summed E-state index contributed by atoms with van der Waals surface area (Å²) in [4.78, 5) is 0. The second-order valence-electron chi connectivity index (χ2n) is 3.34. The fraction of sp³-hybridized carbons (Fsp3) is 0.400. The lowest BCUT2D eigenvalue weighted by atomic mass is 10.2. The first-order chi connectivity index (χ1) is 6.31. The molecular formula is C10H14N2O. The molecule has 0 heterocycles. The first kappa shape index (κ1) is 8.23. The van der Waals surface area contributed by atoms with Crippen LogP contribution in [0.4, 0.5) is 11.4 Å². The Morgan fingerprint density at radius 3 is 2.85 bits per heavy atom. The molecule has 2 rings (SSSR count). The normalized spacial score (nSPS) is 15.5. The van der Waals surface area contributed by atoms with Gasteiger partial charge in [-0.15, -0.1) is 0 Å². The number of ether oxygens (including phenoxy) is 1. The molecule has 0 unspecified atom stereocenters. The van der Waals surface area contributed by atoms with Crippen LogP contribution >= 0.6 is 0 Å². The van der Waals surface area contributed by atoms with Crippen molar-refractivity contribution >= 4 is 11.4 Å². The lowest BCUT2D eigenvalue weighted by Gasteiger charge is -2.10. The third kappa shape index (κ3) is 1.69. The Labute approximate surface area is 77.9 Å². The first-order valence-electron chi connectivity index (χ1n) is 4.50. The number of hydrogen-bond acceptors (Lipinski definition) is 3. The molecule has 0 spiro atoms. The van der Waals surface area contributed by atoms with Gasteiger partial charge in [0.25, 0.3) is 0 Å². The molecule has 0 aliphatic heterocycles. The highest BCUT2D eigenvalue weighted by Gasteiger charge is 2.21. The van der Waals surface area contributed by atoms with Gasteiger partial charge in [-0.3, -0.25) is 0 Å². The maximum atomic E-state index is 5.88. The summed E-state index contributed by atoms with van der Waals surface area (Å²) in [5, 5.41) is 3.35. The van der Waals surface area contributed by atoms with Gasteiger partial charge >= 0.3 is 0 Å². The molecule has 1 aliphatic carbocycles. The van der Waals surface area contributed by atoms with Gasteiger partial charge in [-0.25, -0.2) is 0 Å². The van der Waals surface area contributed by atoms with Crippen LogP contribution < -0.4 is 15.8 Å². The summed E-state index contributed by atoms with van der Waals surface area (Å²) in [6, 6.07) is 6.41. The summed E-state index contributed by atoms with van der Waals surface area (Å²) >= 11 is 0. The quantitative estimate of drug-likeness (QED) is 0.694. The molecule has 0 amide bonds. The number of methoxy groups -OCH3 is 1. The van der Waals surface area contributed by atoms with Gasteiger partial charge < -0.3 is 15.8 Å². The fourth-order valence-corrected chi connectivity index (χ4v) is 1.30. The Balaban J connectivity index is 2.22. The van der Waals surface area contributed by atoms with E-state index in [9.17, 15) is 0 Å². The van der Waals surface area contributed by atoms with Crippen molar-refractivity contribution in [2.24, 2.45) is 0 Å². The monoisotopic (exact) mass is 178 g/mol. The number of nitrogens with two attached hydrogens (primary N) is 1. The van der Waals surface area contributed by atoms with E-state index in [1.54, 1.807) is 7.11 Å². The highest BCUT2D eigenvalue weighted by Crippen LogP contribution is 2.33. The number of nitrogens with one attached hydrogen (secondary N) is 1. The molecule has 1 aromatic carbocycles. The van der Waals surface area contributed by atoms with Crippen molar-refractivity contribution in [2.75, 3.05) is 18.2 Å². The van der Waals surface area contributed by atoms with E-state index in [4.69, 9.17) is 10.5 Å². The molecule has 0 atom stereocenters. The molecule has 0 aromatic heterocycles. The summed E-state index contributed by atoms with van der Waals surface area (Å²) < 4.78 is 5.12. The van der Waals surface area contributed by atoms with Gasteiger partial charge in [-0.2, -0.15) is 0 Å². The van der Waals surface area contributed by atoms with E-state index in [-0.39, 0.29) is 0 Å². The molecule has 3 N–H and O–H groups in total. The van der Waals surface area contributed by atoms with Gasteiger partial charge in [0.15, 0.2) is 0 Å². The highest BCUT2D eigenvalue weighted by atomic mass is 16.5. The van der Waals surface area contributed by atoms with Crippen molar-refractivity contribution in [2.45, 2.75) is 18.9 Å². The first-order valence-corrected chi connectivity index (χ1v) is 4.50. The van der Waals surface area contributed by atoms with Crippen molar-refractivity contribution in [3.8, 4) is 5.75 Å². The van der Waals surface area contributed by atoms with Crippen LogP contribution in [0.1, 0.15) is 12.8 Å². The lowest BCUT2D eigenvalue weighted by molar-refractivity contribution is 0.417. The van der Waals surface area contributed by atoms with E-state index in [1.807, 2.05) is 18.2 Å². The summed E-state index contributed by atoms with van der Waals surface area (Å²) in [5.41, 5.74) is 7.58. The Hall–Kier alpha value is -1.38. The lowest BCUT2D eigenvalue weighted by Crippen LogP contribution is -2.04. The minimum atomic E-state index is 0.620. The Bertz CT molecular complexity index is 308. The van der Waals surface area contributed by atoms with E-state index in [0.29, 0.717) is 11.7 Å². The molecule has 70 valence electrons. The number of nitrogen functional groups attached to an aromatic ring is 1.